The van der Waals surface area contributed by atoms with Crippen LogP contribution in [0.4, 0.5) is 17.1 Å². The van der Waals surface area contributed by atoms with Crippen molar-refractivity contribution < 1.29 is 0 Å². The highest BCUT2D eigenvalue weighted by Crippen LogP contribution is 2.46. The number of nitrogens with zero attached hydrogens (tertiary/aromatic N) is 2. The first-order valence-electron chi connectivity index (χ1n) is 14.1. The molecule has 0 radical (unpaired) electrons. The first kappa shape index (κ1) is 24.5. The Kier molecular flexibility index (Phi) is 6.02. The van der Waals surface area contributed by atoms with E-state index in [1.165, 1.54) is 48.5 Å². The minimum atomic E-state index is 1.05. The van der Waals surface area contributed by atoms with Gasteiger partial charge in [0.25, 0.3) is 0 Å². The largest absolute Gasteiger partial charge is 0.310 e. The van der Waals surface area contributed by atoms with Gasteiger partial charge >= 0.3 is 0 Å². The molecule has 0 aliphatic rings. The number of aromatic nitrogens is 1. The van der Waals surface area contributed by atoms with Crippen molar-refractivity contribution in [2.75, 3.05) is 4.90 Å². The summed E-state index contributed by atoms with van der Waals surface area (Å²) >= 11 is 1.78. The van der Waals surface area contributed by atoms with Crippen LogP contribution in [0.5, 0.6) is 0 Å². The van der Waals surface area contributed by atoms with Crippen molar-refractivity contribution in [1.82, 2.24) is 4.98 Å². The highest BCUT2D eigenvalue weighted by molar-refractivity contribution is 7.26. The number of rotatable bonds is 5. The molecule has 8 aromatic rings. The van der Waals surface area contributed by atoms with Crippen molar-refractivity contribution in [3.63, 3.8) is 0 Å². The molecule has 2 nitrogen and oxygen atoms in total. The Hall–Kier alpha value is -5.25. The van der Waals surface area contributed by atoms with Crippen molar-refractivity contribution >= 4 is 59.5 Å². The number of thiophene rings is 1. The molecule has 0 aliphatic heterocycles. The second-order valence-electron chi connectivity index (χ2n) is 10.4. The lowest BCUT2D eigenvalue weighted by Crippen LogP contribution is -2.10. The number of hydrogen-bond donors (Lipinski definition) is 0. The van der Waals surface area contributed by atoms with E-state index in [4.69, 9.17) is 4.98 Å². The summed E-state index contributed by atoms with van der Waals surface area (Å²) in [5.74, 6) is 0. The first-order chi connectivity index (χ1) is 20.8. The summed E-state index contributed by atoms with van der Waals surface area (Å²) in [4.78, 5) is 8.29. The van der Waals surface area contributed by atoms with Crippen LogP contribution in [0.15, 0.2) is 158 Å². The monoisotopic (exact) mass is 554 g/mol. The van der Waals surface area contributed by atoms with Crippen molar-refractivity contribution in [2.24, 2.45) is 0 Å². The molecule has 6 aromatic carbocycles. The third-order valence-corrected chi connectivity index (χ3v) is 9.07. The molecule has 42 heavy (non-hydrogen) atoms. The Morgan fingerprint density at radius 3 is 1.93 bits per heavy atom. The van der Waals surface area contributed by atoms with Crippen LogP contribution in [0, 0.1) is 0 Å². The molecule has 198 valence electrons. The summed E-state index contributed by atoms with van der Waals surface area (Å²) in [5, 5.41) is 4.94. The Bertz CT molecular complexity index is 2180. The molecule has 0 aliphatic carbocycles. The maximum atomic E-state index is 4.87. The lowest BCUT2D eigenvalue weighted by molar-refractivity contribution is 1.29. The predicted molar refractivity (Wildman–Crippen MR) is 180 cm³/mol. The molecule has 2 heterocycles. The van der Waals surface area contributed by atoms with E-state index in [0.29, 0.717) is 0 Å². The van der Waals surface area contributed by atoms with Gasteiger partial charge in [0.1, 0.15) is 4.83 Å². The molecule has 0 saturated carbocycles. The molecule has 0 N–H and O–H groups in total. The summed E-state index contributed by atoms with van der Waals surface area (Å²) in [5.41, 5.74) is 8.13. The van der Waals surface area contributed by atoms with Gasteiger partial charge in [-0.3, -0.25) is 0 Å². The lowest BCUT2D eigenvalue weighted by Gasteiger charge is -2.27. The van der Waals surface area contributed by atoms with E-state index in [9.17, 15) is 0 Å². The van der Waals surface area contributed by atoms with Gasteiger partial charge in [0.15, 0.2) is 0 Å². The number of fused-ring (bicyclic) bond motifs is 5. The summed E-state index contributed by atoms with van der Waals surface area (Å²) in [6, 6.07) is 54.1. The van der Waals surface area contributed by atoms with Gasteiger partial charge in [-0.1, -0.05) is 121 Å². The van der Waals surface area contributed by atoms with Crippen molar-refractivity contribution in [3.05, 3.63) is 158 Å². The van der Waals surface area contributed by atoms with Gasteiger partial charge in [-0.05, 0) is 63.4 Å². The number of hydrogen-bond acceptors (Lipinski definition) is 3. The Labute approximate surface area is 248 Å². The molecule has 0 atom stereocenters. The second kappa shape index (κ2) is 10.3. The third kappa shape index (κ3) is 4.23. The van der Waals surface area contributed by atoms with Crippen molar-refractivity contribution in [1.29, 1.82) is 0 Å². The van der Waals surface area contributed by atoms with E-state index in [1.54, 1.807) is 11.3 Å². The Morgan fingerprint density at radius 1 is 0.476 bits per heavy atom. The van der Waals surface area contributed by atoms with Crippen molar-refractivity contribution in [2.45, 2.75) is 0 Å². The van der Waals surface area contributed by atoms with Gasteiger partial charge in [-0.25, -0.2) is 4.98 Å². The van der Waals surface area contributed by atoms with Crippen LogP contribution in [0.3, 0.4) is 0 Å². The molecular formula is C39H26N2S. The summed E-state index contributed by atoms with van der Waals surface area (Å²) in [6.45, 7) is 0. The quantitative estimate of drug-likeness (QED) is 0.210. The molecule has 0 spiro atoms. The van der Waals surface area contributed by atoms with Crippen LogP contribution in [0.2, 0.25) is 0 Å². The molecule has 0 amide bonds. The van der Waals surface area contributed by atoms with Gasteiger partial charge in [-0.15, -0.1) is 11.3 Å². The first-order valence-corrected chi connectivity index (χ1v) is 15.0. The fourth-order valence-electron chi connectivity index (χ4n) is 5.91. The Morgan fingerprint density at radius 2 is 1.14 bits per heavy atom. The van der Waals surface area contributed by atoms with Crippen LogP contribution < -0.4 is 4.90 Å². The van der Waals surface area contributed by atoms with E-state index in [0.717, 1.165) is 21.9 Å². The molecule has 3 heteroatoms. The average Bonchev–Trinajstić information content (AvgIpc) is 3.46. The summed E-state index contributed by atoms with van der Waals surface area (Å²) in [7, 11) is 0. The van der Waals surface area contributed by atoms with Crippen LogP contribution in [0.25, 0.3) is 53.3 Å². The van der Waals surface area contributed by atoms with Gasteiger partial charge in [0.2, 0.25) is 0 Å². The van der Waals surface area contributed by atoms with Crippen LogP contribution >= 0.6 is 11.3 Å². The van der Waals surface area contributed by atoms with E-state index >= 15 is 0 Å². The zero-order valence-electron chi connectivity index (χ0n) is 22.8. The average molecular weight is 555 g/mol. The number of pyridine rings is 1. The topological polar surface area (TPSA) is 16.1 Å². The maximum Gasteiger partial charge on any atom is 0.126 e. The van der Waals surface area contributed by atoms with E-state index in [1.807, 2.05) is 6.20 Å². The van der Waals surface area contributed by atoms with Gasteiger partial charge in [0.05, 0.1) is 5.69 Å². The highest BCUT2D eigenvalue weighted by atomic mass is 32.1. The normalized spacial score (nSPS) is 11.3. The minimum Gasteiger partial charge on any atom is -0.310 e. The lowest BCUT2D eigenvalue weighted by atomic mass is 10.0. The Balaban J connectivity index is 1.36. The van der Waals surface area contributed by atoms with Crippen LogP contribution in [-0.2, 0) is 0 Å². The maximum absolute atomic E-state index is 4.87. The third-order valence-electron chi connectivity index (χ3n) is 7.93. The van der Waals surface area contributed by atoms with Gasteiger partial charge in [-0.2, -0.15) is 0 Å². The fraction of sp³-hybridized carbons (Fsp3) is 0. The molecule has 0 fully saturated rings. The SMILES string of the molecule is c1ccc(-c2ccc(N(c3cccc(-c4ccccc4)c3)c3ccnc4sc5c6ccccc6ccc5c34)cc2)cc1. The zero-order chi connectivity index (χ0) is 27.9. The van der Waals surface area contributed by atoms with Gasteiger partial charge < -0.3 is 4.90 Å². The molecular weight excluding hydrogens is 529 g/mol. The van der Waals surface area contributed by atoms with E-state index in [2.05, 4.69) is 157 Å². The minimum absolute atomic E-state index is 1.05. The predicted octanol–water partition coefficient (Wildman–Crippen LogP) is 11.4. The van der Waals surface area contributed by atoms with Crippen LogP contribution in [-0.4, -0.2) is 4.98 Å². The zero-order valence-corrected chi connectivity index (χ0v) is 23.6. The molecule has 0 saturated heterocycles. The second-order valence-corrected chi connectivity index (χ2v) is 11.4. The van der Waals surface area contributed by atoms with E-state index in [-0.39, 0.29) is 0 Å². The number of benzene rings is 6. The standard InChI is InChI=1S/C39H26N2S/c1-3-10-27(11-4-1)29-18-21-32(22-19-29)41(33-16-9-15-31(26-33)28-12-5-2-6-13-28)36-24-25-40-39-37(36)35-23-20-30-14-7-8-17-34(30)38(35)42-39/h1-26H. The number of anilines is 3. The molecule has 2 aromatic heterocycles. The summed E-state index contributed by atoms with van der Waals surface area (Å²) < 4.78 is 1.28. The highest BCUT2D eigenvalue weighted by Gasteiger charge is 2.20. The van der Waals surface area contributed by atoms with E-state index < -0.39 is 0 Å². The smallest absolute Gasteiger partial charge is 0.126 e. The fourth-order valence-corrected chi connectivity index (χ4v) is 7.11. The summed E-state index contributed by atoms with van der Waals surface area (Å²) in [6.07, 6.45) is 1.95. The van der Waals surface area contributed by atoms with Crippen molar-refractivity contribution in [3.8, 4) is 22.3 Å². The molecule has 0 unspecified atom stereocenters. The molecule has 8 rings (SSSR count). The van der Waals surface area contributed by atoms with Crippen LogP contribution in [0.1, 0.15) is 0 Å². The van der Waals surface area contributed by atoms with Gasteiger partial charge in [0, 0.05) is 33.0 Å². The molecule has 0 bridgehead atoms.